The Labute approximate surface area is 126 Å². The quantitative estimate of drug-likeness (QED) is 0.489. The lowest BCUT2D eigenvalue weighted by molar-refractivity contribution is -0.385. The maximum atomic E-state index is 13.4. The van der Waals surface area contributed by atoms with Gasteiger partial charge in [0.15, 0.2) is 0 Å². The third-order valence-corrected chi connectivity index (χ3v) is 3.54. The first-order valence-corrected chi connectivity index (χ1v) is 6.85. The Morgan fingerprint density at radius 3 is 2.62 bits per heavy atom. The lowest BCUT2D eigenvalue weighted by atomic mass is 10.1. The summed E-state index contributed by atoms with van der Waals surface area (Å²) in [6.07, 6.45) is 0. The highest BCUT2D eigenvalue weighted by molar-refractivity contribution is 6.20. The molecule has 21 heavy (non-hydrogen) atoms. The van der Waals surface area contributed by atoms with Crippen molar-refractivity contribution >= 4 is 17.3 Å². The molecule has 1 unspecified atom stereocenters. The van der Waals surface area contributed by atoms with E-state index in [2.05, 4.69) is 5.10 Å². The molecule has 0 aliphatic rings. The molecule has 0 amide bonds. The van der Waals surface area contributed by atoms with Crippen LogP contribution in [0, 0.1) is 29.8 Å². The van der Waals surface area contributed by atoms with Crippen LogP contribution in [0.4, 0.5) is 10.1 Å². The third-order valence-electron chi connectivity index (χ3n) is 3.32. The molecular formula is C14H15ClFN3O2. The molecule has 0 aliphatic heterocycles. The fourth-order valence-electron chi connectivity index (χ4n) is 2.44. The highest BCUT2D eigenvalue weighted by Crippen LogP contribution is 2.27. The number of benzene rings is 1. The summed E-state index contributed by atoms with van der Waals surface area (Å²) >= 11 is 6.12. The average molecular weight is 312 g/mol. The van der Waals surface area contributed by atoms with Gasteiger partial charge in [0.05, 0.1) is 28.6 Å². The molecule has 0 saturated carbocycles. The number of rotatable bonds is 4. The van der Waals surface area contributed by atoms with Crippen LogP contribution in [0.1, 0.15) is 34.8 Å². The summed E-state index contributed by atoms with van der Waals surface area (Å²) in [5.74, 6) is -0.633. The van der Waals surface area contributed by atoms with E-state index < -0.39 is 10.7 Å². The lowest BCUT2D eigenvalue weighted by Gasteiger charge is -2.07. The Kier molecular flexibility index (Phi) is 4.27. The average Bonchev–Trinajstić information content (AvgIpc) is 2.63. The van der Waals surface area contributed by atoms with Crippen molar-refractivity contribution < 1.29 is 9.31 Å². The number of hydrogen-bond donors (Lipinski definition) is 0. The van der Waals surface area contributed by atoms with Crippen molar-refractivity contribution in [3.63, 3.8) is 0 Å². The van der Waals surface area contributed by atoms with Crippen LogP contribution in [-0.2, 0) is 6.54 Å². The van der Waals surface area contributed by atoms with Crippen LogP contribution in [0.15, 0.2) is 18.2 Å². The molecule has 1 aromatic heterocycles. The van der Waals surface area contributed by atoms with Crippen molar-refractivity contribution in [2.24, 2.45) is 0 Å². The van der Waals surface area contributed by atoms with Crippen LogP contribution in [0.25, 0.3) is 0 Å². The smallest absolute Gasteiger partial charge is 0.265 e. The summed E-state index contributed by atoms with van der Waals surface area (Å²) in [6.45, 7) is 5.85. The zero-order chi connectivity index (χ0) is 15.7. The van der Waals surface area contributed by atoms with E-state index in [0.29, 0.717) is 5.56 Å². The van der Waals surface area contributed by atoms with E-state index in [-0.39, 0.29) is 17.6 Å². The second kappa shape index (κ2) is 5.81. The van der Waals surface area contributed by atoms with Gasteiger partial charge in [-0.2, -0.15) is 5.10 Å². The van der Waals surface area contributed by atoms with Gasteiger partial charge >= 0.3 is 0 Å². The Balaban J connectivity index is 2.39. The molecule has 112 valence electrons. The topological polar surface area (TPSA) is 61.0 Å². The first-order valence-electron chi connectivity index (χ1n) is 6.41. The van der Waals surface area contributed by atoms with E-state index in [1.165, 1.54) is 12.1 Å². The largest absolute Gasteiger partial charge is 0.272 e. The van der Waals surface area contributed by atoms with Gasteiger partial charge in [-0.15, -0.1) is 11.6 Å². The highest BCUT2D eigenvalue weighted by Gasteiger charge is 2.17. The van der Waals surface area contributed by atoms with Gasteiger partial charge in [0.1, 0.15) is 5.82 Å². The number of nitrogens with zero attached hydrogens (tertiary/aromatic N) is 3. The van der Waals surface area contributed by atoms with Crippen LogP contribution in [0.5, 0.6) is 0 Å². The highest BCUT2D eigenvalue weighted by atomic mass is 35.5. The summed E-state index contributed by atoms with van der Waals surface area (Å²) in [7, 11) is 0. The predicted octanol–water partition coefficient (Wildman–Crippen LogP) is 3.90. The molecule has 0 aliphatic carbocycles. The number of halogens is 2. The van der Waals surface area contributed by atoms with Gasteiger partial charge < -0.3 is 0 Å². The van der Waals surface area contributed by atoms with Gasteiger partial charge in [-0.1, -0.05) is 0 Å². The first-order chi connectivity index (χ1) is 9.79. The molecule has 5 nitrogen and oxygen atoms in total. The number of hydrogen-bond acceptors (Lipinski definition) is 3. The van der Waals surface area contributed by atoms with Crippen molar-refractivity contribution in [3.05, 3.63) is 56.6 Å². The van der Waals surface area contributed by atoms with Crippen molar-refractivity contribution in [2.45, 2.75) is 32.7 Å². The second-order valence-electron chi connectivity index (χ2n) is 4.93. The molecule has 0 N–H and O–H groups in total. The van der Waals surface area contributed by atoms with Crippen LogP contribution in [-0.4, -0.2) is 14.7 Å². The molecule has 0 radical (unpaired) electrons. The van der Waals surface area contributed by atoms with E-state index >= 15 is 0 Å². The zero-order valence-corrected chi connectivity index (χ0v) is 12.7. The van der Waals surface area contributed by atoms with Gasteiger partial charge in [0.25, 0.3) is 5.69 Å². The Morgan fingerprint density at radius 1 is 1.43 bits per heavy atom. The van der Waals surface area contributed by atoms with Gasteiger partial charge in [-0.25, -0.2) is 4.39 Å². The molecule has 7 heteroatoms. The van der Waals surface area contributed by atoms with E-state index in [1.54, 1.807) is 4.68 Å². The number of alkyl halides is 1. The van der Waals surface area contributed by atoms with E-state index in [0.717, 1.165) is 23.0 Å². The lowest BCUT2D eigenvalue weighted by Crippen LogP contribution is -2.05. The van der Waals surface area contributed by atoms with Crippen molar-refractivity contribution in [1.82, 2.24) is 9.78 Å². The minimum atomic E-state index is -0.633. The fourth-order valence-corrected chi connectivity index (χ4v) is 2.76. The van der Waals surface area contributed by atoms with Gasteiger partial charge in [-0.3, -0.25) is 14.8 Å². The standard InChI is InChI=1S/C14H15ClFN3O2/c1-8(15)14-9(2)17-18(10(14)3)7-11-4-12(16)6-13(5-11)19(20)21/h4-6,8H,7H2,1-3H3. The van der Waals surface area contributed by atoms with E-state index in [1.807, 2.05) is 20.8 Å². The first kappa shape index (κ1) is 15.4. The van der Waals surface area contributed by atoms with Crippen molar-refractivity contribution in [1.29, 1.82) is 0 Å². The molecule has 0 fully saturated rings. The fraction of sp³-hybridized carbons (Fsp3) is 0.357. The van der Waals surface area contributed by atoms with Gasteiger partial charge in [-0.05, 0) is 32.4 Å². The zero-order valence-electron chi connectivity index (χ0n) is 11.9. The molecule has 0 saturated heterocycles. The van der Waals surface area contributed by atoms with Crippen molar-refractivity contribution in [2.75, 3.05) is 0 Å². The second-order valence-corrected chi connectivity index (χ2v) is 5.59. The van der Waals surface area contributed by atoms with Crippen LogP contribution < -0.4 is 0 Å². The van der Waals surface area contributed by atoms with Crippen LogP contribution >= 0.6 is 11.6 Å². The maximum Gasteiger partial charge on any atom is 0.272 e. The van der Waals surface area contributed by atoms with E-state index in [4.69, 9.17) is 11.6 Å². The Hall–Kier alpha value is -1.95. The van der Waals surface area contributed by atoms with Crippen molar-refractivity contribution in [3.8, 4) is 0 Å². The number of aryl methyl sites for hydroxylation is 1. The molecule has 0 bridgehead atoms. The Bertz CT molecular complexity index is 698. The monoisotopic (exact) mass is 311 g/mol. The number of aromatic nitrogens is 2. The molecule has 1 atom stereocenters. The van der Waals surface area contributed by atoms with Gasteiger partial charge in [0, 0.05) is 17.3 Å². The normalized spacial score (nSPS) is 12.4. The van der Waals surface area contributed by atoms with Gasteiger partial charge in [0.2, 0.25) is 0 Å². The number of nitro groups is 1. The SMILES string of the molecule is Cc1nn(Cc2cc(F)cc([N+](=O)[O-])c2)c(C)c1C(C)Cl. The molecule has 1 aromatic carbocycles. The van der Waals surface area contributed by atoms with E-state index in [9.17, 15) is 14.5 Å². The third kappa shape index (κ3) is 3.21. The number of non-ortho nitro benzene ring substituents is 1. The molecule has 0 spiro atoms. The molecule has 2 aromatic rings. The summed E-state index contributed by atoms with van der Waals surface area (Å²) in [6, 6.07) is 3.52. The summed E-state index contributed by atoms with van der Waals surface area (Å²) in [5, 5.41) is 15.0. The minimum Gasteiger partial charge on any atom is -0.265 e. The summed E-state index contributed by atoms with van der Waals surface area (Å²) in [4.78, 5) is 10.2. The molecular weight excluding hydrogens is 297 g/mol. The maximum absolute atomic E-state index is 13.4. The van der Waals surface area contributed by atoms with Crippen LogP contribution in [0.3, 0.4) is 0 Å². The number of nitro benzene ring substituents is 1. The summed E-state index contributed by atoms with van der Waals surface area (Å²) < 4.78 is 15.1. The molecule has 2 rings (SSSR count). The summed E-state index contributed by atoms with van der Waals surface area (Å²) in [5.41, 5.74) is 2.84. The predicted molar refractivity (Wildman–Crippen MR) is 78.1 cm³/mol. The molecule has 1 heterocycles. The van der Waals surface area contributed by atoms with Crippen LogP contribution in [0.2, 0.25) is 0 Å². The Morgan fingerprint density at radius 2 is 2.10 bits per heavy atom. The minimum absolute atomic E-state index is 0.180.